The van der Waals surface area contributed by atoms with Gasteiger partial charge >= 0.3 is 0 Å². The van der Waals surface area contributed by atoms with Crippen LogP contribution in [0.3, 0.4) is 0 Å². The molecule has 0 atom stereocenters. The summed E-state index contributed by atoms with van der Waals surface area (Å²) in [7, 11) is 1.60. The van der Waals surface area contributed by atoms with Crippen molar-refractivity contribution in [1.29, 1.82) is 0 Å². The van der Waals surface area contributed by atoms with E-state index < -0.39 is 0 Å². The molecule has 0 spiro atoms. The number of nitrogens with zero attached hydrogens (tertiary/aromatic N) is 1. The number of methoxy groups -OCH3 is 1. The summed E-state index contributed by atoms with van der Waals surface area (Å²) in [5, 5.41) is 0.629. The summed E-state index contributed by atoms with van der Waals surface area (Å²) in [5.41, 5.74) is 1.73. The minimum atomic E-state index is 0.406. The fourth-order valence-corrected chi connectivity index (χ4v) is 1.72. The Morgan fingerprint density at radius 1 is 1.44 bits per heavy atom. The van der Waals surface area contributed by atoms with Crippen molar-refractivity contribution in [1.82, 2.24) is 9.97 Å². The average Bonchev–Trinajstić information content (AvgIpc) is 2.77. The van der Waals surface area contributed by atoms with Gasteiger partial charge in [0, 0.05) is 16.9 Å². The minimum Gasteiger partial charge on any atom is -0.496 e. The van der Waals surface area contributed by atoms with Gasteiger partial charge in [-0.05, 0) is 18.2 Å². The van der Waals surface area contributed by atoms with Crippen LogP contribution in [0, 0.1) is 0 Å². The molecule has 0 saturated carbocycles. The van der Waals surface area contributed by atoms with Crippen molar-refractivity contribution < 1.29 is 4.74 Å². The molecule has 16 heavy (non-hydrogen) atoms. The number of aromatic amines is 1. The van der Waals surface area contributed by atoms with Gasteiger partial charge < -0.3 is 9.72 Å². The number of hydrogen-bond acceptors (Lipinski definition) is 2. The van der Waals surface area contributed by atoms with Gasteiger partial charge in [0.25, 0.3) is 0 Å². The van der Waals surface area contributed by atoms with E-state index in [0.29, 0.717) is 16.7 Å². The third kappa shape index (κ3) is 2.15. The van der Waals surface area contributed by atoms with Crippen molar-refractivity contribution in [2.45, 2.75) is 5.88 Å². The van der Waals surface area contributed by atoms with Gasteiger partial charge in [-0.25, -0.2) is 4.98 Å². The number of benzene rings is 1. The Labute approximate surface area is 103 Å². The number of halogens is 2. The maximum absolute atomic E-state index is 5.88. The molecule has 0 aliphatic rings. The lowest BCUT2D eigenvalue weighted by Gasteiger charge is -2.06. The maximum Gasteiger partial charge on any atom is 0.141 e. The summed E-state index contributed by atoms with van der Waals surface area (Å²) < 4.78 is 5.25. The van der Waals surface area contributed by atoms with Crippen molar-refractivity contribution >= 4 is 23.2 Å². The highest BCUT2D eigenvalue weighted by Crippen LogP contribution is 2.30. The second kappa shape index (κ2) is 4.76. The number of rotatable bonds is 3. The molecule has 1 N–H and O–H groups in total. The highest BCUT2D eigenvalue weighted by molar-refractivity contribution is 6.30. The molecule has 1 heterocycles. The molecule has 0 fully saturated rings. The van der Waals surface area contributed by atoms with E-state index in [-0.39, 0.29) is 0 Å². The van der Waals surface area contributed by atoms with Crippen molar-refractivity contribution in [2.24, 2.45) is 0 Å². The van der Waals surface area contributed by atoms with Gasteiger partial charge in [0.15, 0.2) is 0 Å². The molecule has 3 nitrogen and oxygen atoms in total. The molecule has 0 amide bonds. The first-order valence-electron chi connectivity index (χ1n) is 4.68. The second-order valence-electron chi connectivity index (χ2n) is 3.24. The maximum atomic E-state index is 5.88. The van der Waals surface area contributed by atoms with E-state index in [0.717, 1.165) is 17.1 Å². The molecule has 1 aromatic carbocycles. The van der Waals surface area contributed by atoms with Crippen LogP contribution in [0.4, 0.5) is 0 Å². The van der Waals surface area contributed by atoms with Crippen LogP contribution in [0.25, 0.3) is 11.4 Å². The van der Waals surface area contributed by atoms with Gasteiger partial charge in [-0.15, -0.1) is 11.6 Å². The molecular formula is C11H10Cl2N2O. The Bertz CT molecular complexity index is 496. The first-order chi connectivity index (χ1) is 7.74. The molecule has 0 radical (unpaired) electrons. The number of nitrogens with one attached hydrogen (secondary N) is 1. The Balaban J connectivity index is 2.46. The van der Waals surface area contributed by atoms with Gasteiger partial charge in [-0.2, -0.15) is 0 Å². The SMILES string of the molecule is COc1cc(Cl)ccc1-c1ncc(CCl)[nH]1. The fraction of sp³-hybridized carbons (Fsp3) is 0.182. The van der Waals surface area contributed by atoms with Crippen LogP contribution in [0.15, 0.2) is 24.4 Å². The lowest BCUT2D eigenvalue weighted by Crippen LogP contribution is -1.89. The van der Waals surface area contributed by atoms with Crippen LogP contribution in [0.5, 0.6) is 5.75 Å². The van der Waals surface area contributed by atoms with Gasteiger partial charge in [0.05, 0.1) is 18.6 Å². The summed E-state index contributed by atoms with van der Waals surface area (Å²) >= 11 is 11.6. The van der Waals surface area contributed by atoms with Crippen molar-refractivity contribution in [3.8, 4) is 17.1 Å². The molecule has 2 rings (SSSR count). The van der Waals surface area contributed by atoms with Crippen LogP contribution in [-0.4, -0.2) is 17.1 Å². The summed E-state index contributed by atoms with van der Waals surface area (Å²) in [6, 6.07) is 5.40. The molecule has 0 aliphatic heterocycles. The Kier molecular flexibility index (Phi) is 3.36. The molecule has 0 aliphatic carbocycles. The van der Waals surface area contributed by atoms with Crippen LogP contribution in [0.2, 0.25) is 5.02 Å². The summed E-state index contributed by atoms with van der Waals surface area (Å²) in [6.07, 6.45) is 1.70. The Morgan fingerprint density at radius 2 is 2.25 bits per heavy atom. The smallest absolute Gasteiger partial charge is 0.141 e. The van der Waals surface area contributed by atoms with E-state index in [9.17, 15) is 0 Å². The third-order valence-corrected chi connectivity index (χ3v) is 2.71. The number of H-pyrrole nitrogens is 1. The molecule has 5 heteroatoms. The monoisotopic (exact) mass is 256 g/mol. The second-order valence-corrected chi connectivity index (χ2v) is 3.94. The standard InChI is InChI=1S/C11H10Cl2N2O/c1-16-10-4-7(13)2-3-9(10)11-14-6-8(5-12)15-11/h2-4,6H,5H2,1H3,(H,14,15). The molecule has 2 aromatic rings. The molecule has 0 saturated heterocycles. The van der Waals surface area contributed by atoms with Gasteiger partial charge in [-0.1, -0.05) is 11.6 Å². The number of alkyl halides is 1. The number of hydrogen-bond donors (Lipinski definition) is 1. The molecular weight excluding hydrogens is 247 g/mol. The predicted molar refractivity (Wildman–Crippen MR) is 65.1 cm³/mol. The van der Waals surface area contributed by atoms with Crippen LogP contribution >= 0.6 is 23.2 Å². The first-order valence-corrected chi connectivity index (χ1v) is 5.59. The average molecular weight is 257 g/mol. The van der Waals surface area contributed by atoms with Crippen molar-refractivity contribution in [3.63, 3.8) is 0 Å². The Morgan fingerprint density at radius 3 is 2.88 bits per heavy atom. The molecule has 0 unspecified atom stereocenters. The first kappa shape index (κ1) is 11.3. The zero-order chi connectivity index (χ0) is 11.5. The van der Waals surface area contributed by atoms with E-state index in [1.807, 2.05) is 6.07 Å². The molecule has 84 valence electrons. The van der Waals surface area contributed by atoms with Crippen molar-refractivity contribution in [2.75, 3.05) is 7.11 Å². The topological polar surface area (TPSA) is 37.9 Å². The van der Waals surface area contributed by atoms with Crippen LogP contribution in [-0.2, 0) is 5.88 Å². The summed E-state index contributed by atoms with van der Waals surface area (Å²) in [4.78, 5) is 7.34. The largest absolute Gasteiger partial charge is 0.496 e. The zero-order valence-corrected chi connectivity index (χ0v) is 10.1. The molecule has 0 bridgehead atoms. The zero-order valence-electron chi connectivity index (χ0n) is 8.63. The fourth-order valence-electron chi connectivity index (χ4n) is 1.42. The number of aromatic nitrogens is 2. The van der Waals surface area contributed by atoms with Crippen LogP contribution < -0.4 is 4.74 Å². The normalized spacial score (nSPS) is 10.4. The predicted octanol–water partition coefficient (Wildman–Crippen LogP) is 3.48. The van der Waals surface area contributed by atoms with Crippen molar-refractivity contribution in [3.05, 3.63) is 35.1 Å². The summed E-state index contributed by atoms with van der Waals surface area (Å²) in [5.74, 6) is 1.82. The quantitative estimate of drug-likeness (QED) is 0.855. The van der Waals surface area contributed by atoms with E-state index in [4.69, 9.17) is 27.9 Å². The van der Waals surface area contributed by atoms with Gasteiger partial charge in [0.2, 0.25) is 0 Å². The summed E-state index contributed by atoms with van der Waals surface area (Å²) in [6.45, 7) is 0. The van der Waals surface area contributed by atoms with E-state index in [1.54, 1.807) is 25.4 Å². The highest BCUT2D eigenvalue weighted by Gasteiger charge is 2.09. The lowest BCUT2D eigenvalue weighted by atomic mass is 10.2. The van der Waals surface area contributed by atoms with E-state index in [1.165, 1.54) is 0 Å². The van der Waals surface area contributed by atoms with Gasteiger partial charge in [0.1, 0.15) is 11.6 Å². The Hall–Kier alpha value is -1.19. The van der Waals surface area contributed by atoms with Gasteiger partial charge in [-0.3, -0.25) is 0 Å². The van der Waals surface area contributed by atoms with Crippen LogP contribution in [0.1, 0.15) is 5.69 Å². The number of imidazole rings is 1. The minimum absolute atomic E-state index is 0.406. The lowest BCUT2D eigenvalue weighted by molar-refractivity contribution is 0.416. The number of ether oxygens (including phenoxy) is 1. The van der Waals surface area contributed by atoms with E-state index >= 15 is 0 Å². The third-order valence-electron chi connectivity index (χ3n) is 2.19. The highest BCUT2D eigenvalue weighted by atomic mass is 35.5. The van der Waals surface area contributed by atoms with E-state index in [2.05, 4.69) is 9.97 Å². The molecule has 1 aromatic heterocycles.